The van der Waals surface area contributed by atoms with Gasteiger partial charge in [0.2, 0.25) is 5.91 Å². The maximum absolute atomic E-state index is 13.0. The fourth-order valence-corrected chi connectivity index (χ4v) is 5.60. The number of carboxylic acid groups (broad SMARTS) is 1. The van der Waals surface area contributed by atoms with Gasteiger partial charge in [0, 0.05) is 31.0 Å². The molecule has 1 N–H and O–H groups in total. The molecular formula is C20H33NO4. The molecule has 3 rings (SSSR count). The minimum atomic E-state index is -0.709. The highest BCUT2D eigenvalue weighted by atomic mass is 16.5. The Labute approximate surface area is 151 Å². The van der Waals surface area contributed by atoms with Gasteiger partial charge in [-0.1, -0.05) is 19.3 Å². The molecule has 0 aromatic carbocycles. The summed E-state index contributed by atoms with van der Waals surface area (Å²) < 4.78 is 6.01. The smallest absolute Gasteiger partial charge is 0.306 e. The number of amides is 1. The number of hydrogen-bond donors (Lipinski definition) is 1. The van der Waals surface area contributed by atoms with Crippen LogP contribution in [0.1, 0.15) is 71.1 Å². The molecule has 142 valence electrons. The fourth-order valence-electron chi connectivity index (χ4n) is 5.60. The van der Waals surface area contributed by atoms with Crippen molar-refractivity contribution in [2.24, 2.45) is 17.3 Å². The molecule has 0 saturated heterocycles. The number of nitrogens with zero attached hydrogens (tertiary/aromatic N) is 1. The van der Waals surface area contributed by atoms with E-state index in [1.165, 1.54) is 32.1 Å². The summed E-state index contributed by atoms with van der Waals surface area (Å²) in [5, 5.41) is 9.14. The third-order valence-corrected chi connectivity index (χ3v) is 7.14. The maximum atomic E-state index is 13.0. The molecule has 0 radical (unpaired) electrons. The molecule has 25 heavy (non-hydrogen) atoms. The summed E-state index contributed by atoms with van der Waals surface area (Å²) >= 11 is 0. The molecule has 3 aliphatic carbocycles. The number of hydrogen-bond acceptors (Lipinski definition) is 3. The topological polar surface area (TPSA) is 66.8 Å². The summed E-state index contributed by atoms with van der Waals surface area (Å²) in [6, 6.07) is 0.300. The van der Waals surface area contributed by atoms with Crippen LogP contribution in [0, 0.1) is 17.3 Å². The Morgan fingerprint density at radius 2 is 1.68 bits per heavy atom. The molecular weight excluding hydrogens is 318 g/mol. The average molecular weight is 351 g/mol. The summed E-state index contributed by atoms with van der Waals surface area (Å²) in [7, 11) is 1.97. The van der Waals surface area contributed by atoms with E-state index in [0.717, 1.165) is 25.9 Å². The first-order chi connectivity index (χ1) is 12.0. The predicted octanol–water partition coefficient (Wildman–Crippen LogP) is 3.46. The van der Waals surface area contributed by atoms with Crippen LogP contribution in [0.25, 0.3) is 0 Å². The van der Waals surface area contributed by atoms with E-state index < -0.39 is 5.97 Å². The Morgan fingerprint density at radius 3 is 2.24 bits per heavy atom. The predicted molar refractivity (Wildman–Crippen MR) is 95.2 cm³/mol. The highest BCUT2D eigenvalue weighted by Gasteiger charge is 2.58. The van der Waals surface area contributed by atoms with Crippen molar-refractivity contribution in [3.8, 4) is 0 Å². The molecule has 3 saturated carbocycles. The first kappa shape index (κ1) is 18.7. The van der Waals surface area contributed by atoms with E-state index in [-0.39, 0.29) is 23.2 Å². The van der Waals surface area contributed by atoms with Crippen molar-refractivity contribution in [1.29, 1.82) is 0 Å². The normalized spacial score (nSPS) is 34.3. The average Bonchev–Trinajstić information content (AvgIpc) is 2.64. The lowest BCUT2D eigenvalue weighted by atomic mass is 9.54. The summed E-state index contributed by atoms with van der Waals surface area (Å²) in [4.78, 5) is 26.2. The van der Waals surface area contributed by atoms with Crippen LogP contribution in [0.15, 0.2) is 0 Å². The highest BCUT2D eigenvalue weighted by molar-refractivity contribution is 5.80. The van der Waals surface area contributed by atoms with Gasteiger partial charge in [-0.05, 0) is 51.9 Å². The molecule has 5 nitrogen and oxygen atoms in total. The van der Waals surface area contributed by atoms with Crippen molar-refractivity contribution < 1.29 is 19.4 Å². The third-order valence-electron chi connectivity index (χ3n) is 7.14. The molecule has 3 aliphatic rings. The molecule has 2 atom stereocenters. The minimum Gasteiger partial charge on any atom is -0.481 e. The van der Waals surface area contributed by atoms with Gasteiger partial charge < -0.3 is 14.7 Å². The van der Waals surface area contributed by atoms with Crippen molar-refractivity contribution >= 4 is 11.9 Å². The molecule has 1 spiro atoms. The van der Waals surface area contributed by atoms with E-state index in [0.29, 0.717) is 25.0 Å². The third kappa shape index (κ3) is 3.44. The molecule has 2 unspecified atom stereocenters. The summed E-state index contributed by atoms with van der Waals surface area (Å²) in [5.41, 5.74) is 0.164. The van der Waals surface area contributed by atoms with Crippen molar-refractivity contribution in [2.75, 3.05) is 13.7 Å². The standard InChI is InChI=1S/C20H33NO4/c1-3-25-17-13-16(20(17)11-5-4-6-12-20)21(2)18(22)14-7-9-15(10-8-14)19(23)24/h14-17H,3-13H2,1-2H3,(H,23,24). The Bertz CT molecular complexity index is 492. The van der Waals surface area contributed by atoms with E-state index >= 15 is 0 Å². The second-order valence-electron chi connectivity index (χ2n) is 8.33. The Morgan fingerprint density at radius 1 is 1.08 bits per heavy atom. The molecule has 1 amide bonds. The second-order valence-corrected chi connectivity index (χ2v) is 8.33. The minimum absolute atomic E-state index is 0.00684. The van der Waals surface area contributed by atoms with Crippen LogP contribution in [0.4, 0.5) is 0 Å². The van der Waals surface area contributed by atoms with Gasteiger partial charge in [0.25, 0.3) is 0 Å². The molecule has 0 aliphatic heterocycles. The van der Waals surface area contributed by atoms with E-state index in [9.17, 15) is 9.59 Å². The van der Waals surface area contributed by atoms with Gasteiger partial charge in [-0.3, -0.25) is 9.59 Å². The number of carbonyl (C=O) groups excluding carboxylic acids is 1. The molecule has 0 heterocycles. The first-order valence-corrected chi connectivity index (χ1v) is 10.1. The lowest BCUT2D eigenvalue weighted by molar-refractivity contribution is -0.187. The van der Waals surface area contributed by atoms with Crippen LogP contribution in [0.5, 0.6) is 0 Å². The van der Waals surface area contributed by atoms with Crippen LogP contribution < -0.4 is 0 Å². The lowest BCUT2D eigenvalue weighted by Gasteiger charge is -2.60. The fraction of sp³-hybridized carbons (Fsp3) is 0.900. The zero-order valence-corrected chi connectivity index (χ0v) is 15.7. The van der Waals surface area contributed by atoms with Crippen molar-refractivity contribution in [3.63, 3.8) is 0 Å². The van der Waals surface area contributed by atoms with E-state index in [2.05, 4.69) is 6.92 Å². The SMILES string of the molecule is CCOC1CC(N(C)C(=O)C2CCC(C(=O)O)CC2)C12CCCCC2. The lowest BCUT2D eigenvalue weighted by Crippen LogP contribution is -2.66. The number of carboxylic acids is 1. The number of aliphatic carboxylic acids is 1. The van der Waals surface area contributed by atoms with Gasteiger partial charge in [0.05, 0.1) is 12.0 Å². The molecule has 0 bridgehead atoms. The number of carbonyl (C=O) groups is 2. The van der Waals surface area contributed by atoms with Gasteiger partial charge in [-0.15, -0.1) is 0 Å². The first-order valence-electron chi connectivity index (χ1n) is 10.1. The zero-order chi connectivity index (χ0) is 18.0. The summed E-state index contributed by atoms with van der Waals surface area (Å²) in [6.07, 6.45) is 10.1. The van der Waals surface area contributed by atoms with Crippen LogP contribution in [0.2, 0.25) is 0 Å². The molecule has 3 fully saturated rings. The Balaban J connectivity index is 1.63. The second kappa shape index (κ2) is 7.65. The van der Waals surface area contributed by atoms with E-state index in [1.54, 1.807) is 0 Å². The van der Waals surface area contributed by atoms with Gasteiger partial charge in [-0.2, -0.15) is 0 Å². The van der Waals surface area contributed by atoms with Crippen LogP contribution >= 0.6 is 0 Å². The quantitative estimate of drug-likeness (QED) is 0.824. The molecule has 5 heteroatoms. The van der Waals surface area contributed by atoms with Crippen molar-refractivity contribution in [3.05, 3.63) is 0 Å². The number of ether oxygens (including phenoxy) is 1. The van der Waals surface area contributed by atoms with E-state index in [1.807, 2.05) is 11.9 Å². The number of rotatable bonds is 5. The van der Waals surface area contributed by atoms with Gasteiger partial charge in [0.1, 0.15) is 0 Å². The van der Waals surface area contributed by atoms with Crippen molar-refractivity contribution in [1.82, 2.24) is 4.90 Å². The largest absolute Gasteiger partial charge is 0.481 e. The Hall–Kier alpha value is -1.10. The van der Waals surface area contributed by atoms with Gasteiger partial charge in [0.15, 0.2) is 0 Å². The summed E-state index contributed by atoms with van der Waals surface area (Å²) in [6.45, 7) is 2.80. The van der Waals surface area contributed by atoms with Crippen LogP contribution in [-0.4, -0.2) is 47.7 Å². The molecule has 0 aromatic rings. The monoisotopic (exact) mass is 351 g/mol. The van der Waals surface area contributed by atoms with E-state index in [4.69, 9.17) is 9.84 Å². The highest BCUT2D eigenvalue weighted by Crippen LogP contribution is 2.55. The van der Waals surface area contributed by atoms with Crippen LogP contribution in [0.3, 0.4) is 0 Å². The summed E-state index contributed by atoms with van der Waals surface area (Å²) in [5.74, 6) is -0.731. The van der Waals surface area contributed by atoms with Crippen molar-refractivity contribution in [2.45, 2.75) is 83.3 Å². The van der Waals surface area contributed by atoms with Gasteiger partial charge >= 0.3 is 5.97 Å². The Kier molecular flexibility index (Phi) is 5.71. The molecule has 0 aromatic heterocycles. The van der Waals surface area contributed by atoms with Crippen LogP contribution in [-0.2, 0) is 14.3 Å². The maximum Gasteiger partial charge on any atom is 0.306 e. The van der Waals surface area contributed by atoms with Gasteiger partial charge in [-0.25, -0.2) is 0 Å². The zero-order valence-electron chi connectivity index (χ0n) is 15.7.